The van der Waals surface area contributed by atoms with Crippen molar-refractivity contribution in [3.63, 3.8) is 0 Å². The van der Waals surface area contributed by atoms with Gasteiger partial charge in [0, 0.05) is 34.7 Å². The van der Waals surface area contributed by atoms with Gasteiger partial charge in [0.15, 0.2) is 12.0 Å². The van der Waals surface area contributed by atoms with Gasteiger partial charge in [-0.1, -0.05) is 43.7 Å². The van der Waals surface area contributed by atoms with E-state index in [4.69, 9.17) is 21.4 Å². The lowest BCUT2D eigenvalue weighted by Gasteiger charge is -2.29. The molecule has 0 spiro atoms. The molecule has 0 saturated carbocycles. The Balaban J connectivity index is 1.86. The van der Waals surface area contributed by atoms with E-state index in [0.29, 0.717) is 17.0 Å². The summed E-state index contributed by atoms with van der Waals surface area (Å²) < 4.78 is 0. The Morgan fingerprint density at radius 2 is 2.04 bits per heavy atom. The Hall–Kier alpha value is -1.88. The number of aldehydes is 1. The number of hydrogen-bond acceptors (Lipinski definition) is 4. The predicted molar refractivity (Wildman–Crippen MR) is 99.3 cm³/mol. The van der Waals surface area contributed by atoms with Crippen molar-refractivity contribution < 1.29 is 14.6 Å². The Bertz CT molecular complexity index is 747. The first-order valence-electron chi connectivity index (χ1n) is 8.57. The normalized spacial score (nSPS) is 19.5. The maximum atomic E-state index is 11.4. The molecular weight excluding hydrogens is 338 g/mol. The van der Waals surface area contributed by atoms with E-state index in [0.717, 1.165) is 48.4 Å². The van der Waals surface area contributed by atoms with Gasteiger partial charge in [0.05, 0.1) is 0 Å². The van der Waals surface area contributed by atoms with Crippen LogP contribution in [0.15, 0.2) is 47.8 Å². The number of halogens is 1. The summed E-state index contributed by atoms with van der Waals surface area (Å²) in [5, 5.41) is 0.584. The van der Waals surface area contributed by atoms with Gasteiger partial charge < -0.3 is 9.79 Å². The van der Waals surface area contributed by atoms with Crippen molar-refractivity contribution in [2.24, 2.45) is 0 Å². The molecule has 1 aromatic rings. The van der Waals surface area contributed by atoms with Crippen molar-refractivity contribution in [1.29, 1.82) is 0 Å². The molecule has 0 radical (unpaired) electrons. The van der Waals surface area contributed by atoms with E-state index >= 15 is 0 Å². The molecule has 4 nitrogen and oxygen atoms in total. The third kappa shape index (κ3) is 3.87. The average molecular weight is 360 g/mol. The minimum atomic E-state index is -0.108. The zero-order valence-electron chi connectivity index (χ0n) is 14.5. The largest absolute Gasteiger partial charge is 0.337 e. The van der Waals surface area contributed by atoms with Crippen molar-refractivity contribution in [3.8, 4) is 0 Å². The molecule has 1 heterocycles. The van der Waals surface area contributed by atoms with Crippen LogP contribution in [0.5, 0.6) is 0 Å². The summed E-state index contributed by atoms with van der Waals surface area (Å²) in [5.74, 6) is 0.722. The summed E-state index contributed by atoms with van der Waals surface area (Å²) in [6.45, 7) is 6.98. The smallest absolute Gasteiger partial charge is 0.168 e. The third-order valence-electron chi connectivity index (χ3n) is 4.61. The third-order valence-corrected chi connectivity index (χ3v) is 4.92. The van der Waals surface area contributed by atoms with Crippen molar-refractivity contribution in [1.82, 2.24) is 4.90 Å². The van der Waals surface area contributed by atoms with Crippen LogP contribution in [0.1, 0.15) is 36.2 Å². The van der Waals surface area contributed by atoms with Crippen molar-refractivity contribution >= 4 is 23.5 Å². The van der Waals surface area contributed by atoms with Crippen LogP contribution in [-0.4, -0.2) is 36.9 Å². The average Bonchev–Trinajstić information content (AvgIpc) is 2.65. The highest BCUT2D eigenvalue weighted by molar-refractivity contribution is 6.33. The van der Waals surface area contributed by atoms with Gasteiger partial charge in [-0.3, -0.25) is 4.79 Å². The van der Waals surface area contributed by atoms with Crippen LogP contribution < -0.4 is 0 Å². The van der Waals surface area contributed by atoms with Gasteiger partial charge in [-0.15, -0.1) is 0 Å². The van der Waals surface area contributed by atoms with Crippen LogP contribution >= 0.6 is 11.6 Å². The Kier molecular flexibility index (Phi) is 5.74. The number of allylic oxidation sites excluding steroid dienone is 4. The summed E-state index contributed by atoms with van der Waals surface area (Å²) in [5.41, 5.74) is 3.47. The molecule has 1 aromatic carbocycles. The van der Waals surface area contributed by atoms with E-state index in [1.54, 1.807) is 12.1 Å². The minimum absolute atomic E-state index is 0.108. The molecule has 1 aliphatic carbocycles. The van der Waals surface area contributed by atoms with Crippen LogP contribution in [0.3, 0.4) is 0 Å². The van der Waals surface area contributed by atoms with Gasteiger partial charge in [0.25, 0.3) is 0 Å². The quantitative estimate of drug-likeness (QED) is 0.556. The SMILES string of the molecule is CCN(CC)CC1C=C2CC(c3c(Cl)cccc3C=O)=CC=C2OO1. The molecule has 0 amide bonds. The number of benzene rings is 1. The molecule has 132 valence electrons. The van der Waals surface area contributed by atoms with Crippen LogP contribution in [-0.2, 0) is 9.78 Å². The number of carbonyl (C=O) groups excluding carboxylic acids is 1. The van der Waals surface area contributed by atoms with E-state index in [2.05, 4.69) is 24.8 Å². The summed E-state index contributed by atoms with van der Waals surface area (Å²) in [7, 11) is 0. The zero-order chi connectivity index (χ0) is 17.8. The van der Waals surface area contributed by atoms with E-state index < -0.39 is 0 Å². The standard InChI is InChI=1S/C20H22ClNO3/c1-3-22(4-2)12-17-11-16-10-14(8-9-19(16)25-24-17)20-15(13-23)6-5-7-18(20)21/h5-9,11,13,17H,3-4,10,12H2,1-2H3. The van der Waals surface area contributed by atoms with Crippen LogP contribution in [0.25, 0.3) is 5.57 Å². The van der Waals surface area contributed by atoms with Gasteiger partial charge >= 0.3 is 0 Å². The van der Waals surface area contributed by atoms with E-state index in [9.17, 15) is 4.79 Å². The number of hydrogen-bond donors (Lipinski definition) is 0. The molecule has 25 heavy (non-hydrogen) atoms. The molecule has 1 atom stereocenters. The van der Waals surface area contributed by atoms with E-state index in [1.165, 1.54) is 0 Å². The van der Waals surface area contributed by atoms with Gasteiger partial charge in [-0.05, 0) is 36.9 Å². The van der Waals surface area contributed by atoms with Gasteiger partial charge in [-0.2, -0.15) is 4.89 Å². The first kappa shape index (κ1) is 17.9. The van der Waals surface area contributed by atoms with Crippen LogP contribution in [0, 0.1) is 0 Å². The highest BCUT2D eigenvalue weighted by atomic mass is 35.5. The topological polar surface area (TPSA) is 38.8 Å². The number of fused-ring (bicyclic) bond motifs is 1. The molecular formula is C20H22ClNO3. The second-order valence-corrected chi connectivity index (χ2v) is 6.52. The Morgan fingerprint density at radius 3 is 2.76 bits per heavy atom. The van der Waals surface area contributed by atoms with E-state index in [-0.39, 0.29) is 6.10 Å². The molecule has 1 unspecified atom stereocenters. The molecule has 0 aromatic heterocycles. The maximum Gasteiger partial charge on any atom is 0.168 e. The lowest BCUT2D eigenvalue weighted by molar-refractivity contribution is -0.289. The first-order chi connectivity index (χ1) is 12.2. The van der Waals surface area contributed by atoms with Crippen molar-refractivity contribution in [2.75, 3.05) is 19.6 Å². The van der Waals surface area contributed by atoms with Gasteiger partial charge in [-0.25, -0.2) is 0 Å². The molecule has 1 aliphatic heterocycles. The molecule has 3 rings (SSSR count). The highest BCUT2D eigenvalue weighted by Gasteiger charge is 2.26. The molecule has 0 saturated heterocycles. The van der Waals surface area contributed by atoms with E-state index in [1.807, 2.05) is 18.2 Å². The van der Waals surface area contributed by atoms with Crippen LogP contribution in [0.4, 0.5) is 0 Å². The lowest BCUT2D eigenvalue weighted by atomic mass is 9.89. The Morgan fingerprint density at radius 1 is 1.24 bits per heavy atom. The zero-order valence-corrected chi connectivity index (χ0v) is 15.3. The van der Waals surface area contributed by atoms with Gasteiger partial charge in [0.2, 0.25) is 0 Å². The predicted octanol–water partition coefficient (Wildman–Crippen LogP) is 4.42. The monoisotopic (exact) mass is 359 g/mol. The maximum absolute atomic E-state index is 11.4. The number of nitrogens with zero attached hydrogens (tertiary/aromatic N) is 1. The highest BCUT2D eigenvalue weighted by Crippen LogP contribution is 2.38. The summed E-state index contributed by atoms with van der Waals surface area (Å²) >= 11 is 6.35. The van der Waals surface area contributed by atoms with Crippen molar-refractivity contribution in [2.45, 2.75) is 26.4 Å². The van der Waals surface area contributed by atoms with Crippen molar-refractivity contribution in [3.05, 3.63) is 63.9 Å². The number of rotatable bonds is 6. The Labute approximate surface area is 153 Å². The fourth-order valence-electron chi connectivity index (χ4n) is 3.19. The van der Waals surface area contributed by atoms with Crippen LogP contribution in [0.2, 0.25) is 5.02 Å². The molecule has 5 heteroatoms. The second kappa shape index (κ2) is 8.00. The molecule has 0 fully saturated rings. The van der Waals surface area contributed by atoms with Gasteiger partial charge in [0.1, 0.15) is 6.10 Å². The summed E-state index contributed by atoms with van der Waals surface area (Å²) in [6, 6.07) is 5.38. The fourth-order valence-corrected chi connectivity index (χ4v) is 3.49. The first-order valence-corrected chi connectivity index (χ1v) is 8.95. The minimum Gasteiger partial charge on any atom is -0.337 e. The fraction of sp³-hybridized carbons (Fsp3) is 0.350. The molecule has 0 N–H and O–H groups in total. The number of likely N-dealkylation sites (N-methyl/N-ethyl adjacent to an activating group) is 1. The lowest BCUT2D eigenvalue weighted by Crippen LogP contribution is -2.34. The molecule has 2 aliphatic rings. The summed E-state index contributed by atoms with van der Waals surface area (Å²) in [6.07, 6.45) is 7.32. The second-order valence-electron chi connectivity index (χ2n) is 6.12. The summed E-state index contributed by atoms with van der Waals surface area (Å²) in [4.78, 5) is 24.6. The number of carbonyl (C=O) groups is 1. The molecule has 0 bridgehead atoms.